The van der Waals surface area contributed by atoms with E-state index in [0.717, 1.165) is 0 Å². The van der Waals surface area contributed by atoms with Gasteiger partial charge in [-0.3, -0.25) is 0 Å². The summed E-state index contributed by atoms with van der Waals surface area (Å²) in [5.74, 6) is 0. The molecule has 0 saturated carbocycles. The van der Waals surface area contributed by atoms with Gasteiger partial charge in [0.25, 0.3) is 0 Å². The van der Waals surface area contributed by atoms with Gasteiger partial charge in [0.1, 0.15) is 0 Å². The van der Waals surface area contributed by atoms with E-state index in [9.17, 15) is 0 Å². The molecule has 0 bridgehead atoms. The number of hydrogen-bond donors (Lipinski definition) is 0. The first-order valence-corrected chi connectivity index (χ1v) is 4.01. The maximum atomic E-state index is 2.14. The molecular formula is C8H14CuLi. The topological polar surface area (TPSA) is 0 Å². The van der Waals surface area contributed by atoms with Crippen LogP contribution in [0.2, 0.25) is 0 Å². The largest absolute Gasteiger partial charge is 1.00 e. The summed E-state index contributed by atoms with van der Waals surface area (Å²) in [5.41, 5.74) is 2.71. The fraction of sp³-hybridized carbons (Fsp3) is 0.500. The molecule has 0 aliphatic rings. The summed E-state index contributed by atoms with van der Waals surface area (Å²) in [7, 11) is 0. The minimum atomic E-state index is 0. The molecule has 0 unspecified atom stereocenters. The van der Waals surface area contributed by atoms with Gasteiger partial charge in [0.05, 0.1) is 0 Å². The number of allylic oxidation sites excluding steroid dienone is 2. The predicted octanol–water partition coefficient (Wildman–Crippen LogP) is -0.0797. The second-order valence-electron chi connectivity index (χ2n) is 2.43. The van der Waals surface area contributed by atoms with Crippen molar-refractivity contribution in [3.63, 3.8) is 0 Å². The Bertz CT molecular complexity index is 112. The van der Waals surface area contributed by atoms with E-state index in [-0.39, 0.29) is 18.9 Å². The molecule has 0 N–H and O–H groups in total. The zero-order valence-electron chi connectivity index (χ0n) is 7.46. The van der Waals surface area contributed by atoms with E-state index in [2.05, 4.69) is 37.6 Å². The van der Waals surface area contributed by atoms with Gasteiger partial charge in [-0.15, -0.1) is 0 Å². The summed E-state index contributed by atoms with van der Waals surface area (Å²) in [6.45, 7) is 8.40. The molecule has 58 valence electrons. The molecule has 0 aromatic heterocycles. The van der Waals surface area contributed by atoms with Crippen LogP contribution in [-0.4, -0.2) is 0 Å². The van der Waals surface area contributed by atoms with E-state index in [1.807, 2.05) is 15.0 Å². The smallest absolute Gasteiger partial charge is 1.00 e. The SMILES string of the molecule is CC(C)=[CH][Cu-][CH]=C(C)C.[Li+]. The van der Waals surface area contributed by atoms with Crippen LogP contribution in [0, 0.1) is 0 Å². The zero-order valence-corrected chi connectivity index (χ0v) is 8.40. The Morgan fingerprint density at radius 3 is 1.40 bits per heavy atom. The molecular weight excluding hydrogens is 167 g/mol. The molecule has 0 saturated heterocycles. The maximum Gasteiger partial charge on any atom is 1.00 e. The van der Waals surface area contributed by atoms with Crippen molar-refractivity contribution in [3.05, 3.63) is 21.1 Å². The monoisotopic (exact) mass is 180 g/mol. The molecule has 0 radical (unpaired) electrons. The zero-order chi connectivity index (χ0) is 7.28. The Kier molecular flexibility index (Phi) is 10.2. The van der Waals surface area contributed by atoms with E-state index < -0.39 is 0 Å². The Morgan fingerprint density at radius 2 is 1.20 bits per heavy atom. The molecule has 0 rings (SSSR count). The first kappa shape index (κ1) is 13.2. The Balaban J connectivity index is 0. The quantitative estimate of drug-likeness (QED) is 0.522. The van der Waals surface area contributed by atoms with Crippen LogP contribution in [0.25, 0.3) is 0 Å². The van der Waals surface area contributed by atoms with Crippen molar-refractivity contribution in [2.45, 2.75) is 27.7 Å². The van der Waals surface area contributed by atoms with Gasteiger partial charge in [-0.1, -0.05) is 0 Å². The first-order chi connectivity index (χ1) is 4.13. The normalized spacial score (nSPS) is 8.00. The Hall–Kier alpha value is 0.597. The maximum absolute atomic E-state index is 2.14. The van der Waals surface area contributed by atoms with Crippen LogP contribution >= 0.6 is 0 Å². The van der Waals surface area contributed by atoms with Crippen molar-refractivity contribution >= 4 is 0 Å². The van der Waals surface area contributed by atoms with E-state index in [0.29, 0.717) is 0 Å². The van der Waals surface area contributed by atoms with Crippen molar-refractivity contribution in [1.29, 1.82) is 0 Å². The molecule has 0 aliphatic heterocycles. The summed E-state index contributed by atoms with van der Waals surface area (Å²) in [6.07, 6.45) is 0. The Morgan fingerprint density at radius 1 is 0.900 bits per heavy atom. The van der Waals surface area contributed by atoms with Crippen molar-refractivity contribution < 1.29 is 33.8 Å². The predicted molar refractivity (Wildman–Crippen MR) is 38.9 cm³/mol. The van der Waals surface area contributed by atoms with Gasteiger partial charge in [-0.05, 0) is 0 Å². The average Bonchev–Trinajstić information content (AvgIpc) is 1.63. The van der Waals surface area contributed by atoms with E-state index >= 15 is 0 Å². The summed E-state index contributed by atoms with van der Waals surface area (Å²) >= 11 is 1.83. The third kappa shape index (κ3) is 11.4. The van der Waals surface area contributed by atoms with Crippen LogP contribution in [0.3, 0.4) is 0 Å². The Labute approximate surface area is 82.5 Å². The number of rotatable bonds is 2. The fourth-order valence-electron chi connectivity index (χ4n) is 0.226. The van der Waals surface area contributed by atoms with Crippen molar-refractivity contribution in [3.8, 4) is 0 Å². The summed E-state index contributed by atoms with van der Waals surface area (Å²) in [6, 6.07) is 0. The van der Waals surface area contributed by atoms with Gasteiger partial charge in [0, 0.05) is 0 Å². The van der Waals surface area contributed by atoms with Gasteiger partial charge in [-0.25, -0.2) is 0 Å². The van der Waals surface area contributed by atoms with E-state index in [4.69, 9.17) is 0 Å². The summed E-state index contributed by atoms with van der Waals surface area (Å²) in [5, 5.41) is 0. The minimum Gasteiger partial charge on any atom is 1.00 e. The second-order valence-corrected chi connectivity index (χ2v) is 3.29. The number of hydrogen-bond acceptors (Lipinski definition) is 0. The van der Waals surface area contributed by atoms with Crippen LogP contribution in [0.4, 0.5) is 0 Å². The van der Waals surface area contributed by atoms with Crippen molar-refractivity contribution in [2.24, 2.45) is 0 Å². The van der Waals surface area contributed by atoms with Crippen molar-refractivity contribution in [2.75, 3.05) is 0 Å². The van der Waals surface area contributed by atoms with E-state index in [1.165, 1.54) is 11.1 Å². The van der Waals surface area contributed by atoms with Crippen LogP contribution in [0.5, 0.6) is 0 Å². The molecule has 0 amide bonds. The third-order valence-electron chi connectivity index (χ3n) is 0.449. The van der Waals surface area contributed by atoms with E-state index in [1.54, 1.807) is 0 Å². The molecule has 0 aromatic rings. The fourth-order valence-corrected chi connectivity index (χ4v) is 0.932. The average molecular weight is 181 g/mol. The molecule has 0 spiro atoms. The standard InChI is InChI=1S/2C4H7.Cu.Li/c2*1-4(2)3;;/h2*1H,2-3H3;;/q;;-1;+1. The summed E-state index contributed by atoms with van der Waals surface area (Å²) in [4.78, 5) is 4.27. The van der Waals surface area contributed by atoms with Gasteiger partial charge < -0.3 is 0 Å². The molecule has 0 heterocycles. The molecule has 0 atom stereocenters. The van der Waals surface area contributed by atoms with Gasteiger partial charge in [0.2, 0.25) is 0 Å². The van der Waals surface area contributed by atoms with Gasteiger partial charge in [0.15, 0.2) is 0 Å². The summed E-state index contributed by atoms with van der Waals surface area (Å²) < 4.78 is 0. The van der Waals surface area contributed by atoms with Gasteiger partial charge >= 0.3 is 82.6 Å². The molecule has 0 aromatic carbocycles. The van der Waals surface area contributed by atoms with Gasteiger partial charge in [-0.2, -0.15) is 0 Å². The molecule has 10 heavy (non-hydrogen) atoms. The first-order valence-electron chi connectivity index (χ1n) is 2.93. The third-order valence-corrected chi connectivity index (χ3v) is 1.85. The van der Waals surface area contributed by atoms with Crippen molar-refractivity contribution in [1.82, 2.24) is 0 Å². The molecule has 2 heteroatoms. The van der Waals surface area contributed by atoms with Crippen LogP contribution in [0.15, 0.2) is 21.1 Å². The van der Waals surface area contributed by atoms with Crippen LogP contribution < -0.4 is 18.9 Å². The molecule has 0 fully saturated rings. The molecule has 0 nitrogen and oxygen atoms in total. The molecule has 0 aliphatic carbocycles. The van der Waals surface area contributed by atoms with Crippen LogP contribution in [0.1, 0.15) is 27.7 Å². The van der Waals surface area contributed by atoms with Crippen LogP contribution in [-0.2, 0) is 15.0 Å². The second kappa shape index (κ2) is 7.70. The minimum absolute atomic E-state index is 0.